The Balaban J connectivity index is 0.000000396. The molecule has 21 heteroatoms. The van der Waals surface area contributed by atoms with E-state index in [0.717, 1.165) is 25.2 Å². The van der Waals surface area contributed by atoms with Crippen molar-refractivity contribution in [1.29, 1.82) is 0 Å². The van der Waals surface area contributed by atoms with Crippen molar-refractivity contribution in [1.82, 2.24) is 19.8 Å². The molecule has 1 amide bonds. The van der Waals surface area contributed by atoms with E-state index in [1.165, 1.54) is 5.56 Å². The summed E-state index contributed by atoms with van der Waals surface area (Å²) < 4.78 is 101. The van der Waals surface area contributed by atoms with Gasteiger partial charge >= 0.3 is 36.4 Å². The van der Waals surface area contributed by atoms with E-state index in [4.69, 9.17) is 34.4 Å². The molecule has 45 heavy (non-hydrogen) atoms. The van der Waals surface area contributed by atoms with E-state index >= 15 is 0 Å². The number of rotatable bonds is 4. The Morgan fingerprint density at radius 3 is 1.67 bits per heavy atom. The molecule has 0 spiro atoms. The number of aromatic nitrogens is 2. The summed E-state index contributed by atoms with van der Waals surface area (Å²) in [6.45, 7) is 3.30. The highest BCUT2D eigenvalue weighted by atomic mass is 19.4. The molecule has 2 aromatic heterocycles. The number of carboxylic acids is 3. The lowest BCUT2D eigenvalue weighted by Gasteiger charge is -2.36. The number of fused-ring (bicyclic) bond motifs is 1. The van der Waals surface area contributed by atoms with Crippen LogP contribution in [0.4, 0.5) is 39.5 Å². The predicted molar refractivity (Wildman–Crippen MR) is 129 cm³/mol. The van der Waals surface area contributed by atoms with Gasteiger partial charge in [0.2, 0.25) is 5.91 Å². The molecule has 2 atom stereocenters. The molecule has 4 rings (SSSR count). The maximum atomic E-state index is 12.4. The number of morpholine rings is 1. The Morgan fingerprint density at radius 1 is 0.756 bits per heavy atom. The van der Waals surface area contributed by atoms with Crippen LogP contribution in [0.5, 0.6) is 0 Å². The van der Waals surface area contributed by atoms with Crippen molar-refractivity contribution in [2.45, 2.75) is 43.8 Å². The molecule has 12 nitrogen and oxygen atoms in total. The monoisotopic (exact) mass is 666 g/mol. The van der Waals surface area contributed by atoms with Gasteiger partial charge in [-0.25, -0.2) is 14.4 Å². The summed E-state index contributed by atoms with van der Waals surface area (Å²) in [6, 6.07) is 8.06. The van der Waals surface area contributed by atoms with E-state index in [2.05, 4.69) is 20.9 Å². The summed E-state index contributed by atoms with van der Waals surface area (Å²) >= 11 is 0. The molecular weight excluding hydrogens is 643 g/mol. The number of nitrogens with zero attached hydrogens (tertiary/aromatic N) is 4. The van der Waals surface area contributed by atoms with Crippen LogP contribution < -0.4 is 0 Å². The van der Waals surface area contributed by atoms with Gasteiger partial charge in [0, 0.05) is 51.0 Å². The van der Waals surface area contributed by atoms with Crippen molar-refractivity contribution in [2.75, 3.05) is 19.7 Å². The van der Waals surface area contributed by atoms with Crippen molar-refractivity contribution in [3.63, 3.8) is 0 Å². The molecule has 2 aliphatic heterocycles. The maximum absolute atomic E-state index is 12.4. The van der Waals surface area contributed by atoms with Gasteiger partial charge in [0.25, 0.3) is 0 Å². The van der Waals surface area contributed by atoms with Crippen LogP contribution in [0.1, 0.15) is 11.1 Å². The van der Waals surface area contributed by atoms with Gasteiger partial charge in [0.15, 0.2) is 0 Å². The predicted octanol–water partition coefficient (Wildman–Crippen LogP) is 2.99. The number of ether oxygens (including phenoxy) is 1. The highest BCUT2D eigenvalue weighted by Gasteiger charge is 2.43. The first kappa shape index (κ1) is 38.5. The molecule has 0 saturated carbocycles. The Labute approximate surface area is 246 Å². The highest BCUT2D eigenvalue weighted by Crippen LogP contribution is 2.26. The van der Waals surface area contributed by atoms with Gasteiger partial charge in [-0.2, -0.15) is 39.5 Å². The van der Waals surface area contributed by atoms with Gasteiger partial charge in [0.1, 0.15) is 6.61 Å². The first-order chi connectivity index (χ1) is 20.6. The number of pyridine rings is 2. The second kappa shape index (κ2) is 16.5. The fraction of sp³-hybridized carbons (Fsp3) is 0.417. The van der Waals surface area contributed by atoms with Crippen molar-refractivity contribution >= 4 is 23.8 Å². The molecule has 0 bridgehead atoms. The molecule has 0 radical (unpaired) electrons. The number of hydrogen-bond donors (Lipinski definition) is 3. The third-order valence-electron chi connectivity index (χ3n) is 5.41. The maximum Gasteiger partial charge on any atom is 0.490 e. The second-order valence-corrected chi connectivity index (χ2v) is 8.76. The number of carbonyl (C=O) groups excluding carboxylic acids is 1. The second-order valence-electron chi connectivity index (χ2n) is 8.76. The Hall–Kier alpha value is -4.53. The van der Waals surface area contributed by atoms with Gasteiger partial charge in [-0.15, -0.1) is 0 Å². The topological polar surface area (TPSA) is 170 Å². The third-order valence-corrected chi connectivity index (χ3v) is 5.41. The first-order valence-corrected chi connectivity index (χ1v) is 11.9. The molecule has 4 heterocycles. The minimum atomic E-state index is -5.08. The van der Waals surface area contributed by atoms with Crippen LogP contribution in [-0.2, 0) is 37.0 Å². The van der Waals surface area contributed by atoms with Crippen LogP contribution >= 0.6 is 0 Å². The normalized spacial score (nSPS) is 18.2. The number of carbonyl (C=O) groups is 4. The third kappa shape index (κ3) is 14.2. The van der Waals surface area contributed by atoms with Crippen molar-refractivity contribution in [2.24, 2.45) is 0 Å². The fourth-order valence-electron chi connectivity index (χ4n) is 3.51. The lowest BCUT2D eigenvalue weighted by atomic mass is 10.1. The van der Waals surface area contributed by atoms with Gasteiger partial charge in [-0.05, 0) is 29.3 Å². The Morgan fingerprint density at radius 2 is 1.24 bits per heavy atom. The minimum absolute atomic E-state index is 0.0660. The van der Waals surface area contributed by atoms with E-state index in [1.807, 2.05) is 29.3 Å². The zero-order chi connectivity index (χ0) is 34.6. The number of likely N-dealkylation sites (tertiary alicyclic amines) is 1. The van der Waals surface area contributed by atoms with Gasteiger partial charge in [-0.1, -0.05) is 6.07 Å². The number of aliphatic carboxylic acids is 3. The zero-order valence-corrected chi connectivity index (χ0v) is 22.4. The molecule has 250 valence electrons. The number of halogens is 9. The molecular formula is C24H23F9N4O8. The average Bonchev–Trinajstić information content (AvgIpc) is 3.34. The minimum Gasteiger partial charge on any atom is -0.475 e. The van der Waals surface area contributed by atoms with E-state index < -0.39 is 36.4 Å². The summed E-state index contributed by atoms with van der Waals surface area (Å²) in [5, 5.41) is 21.4. The Kier molecular flexibility index (Phi) is 14.1. The van der Waals surface area contributed by atoms with Crippen LogP contribution in [0.25, 0.3) is 0 Å². The van der Waals surface area contributed by atoms with Crippen LogP contribution in [0, 0.1) is 0 Å². The van der Waals surface area contributed by atoms with E-state index in [9.17, 15) is 44.3 Å². The summed E-state index contributed by atoms with van der Waals surface area (Å²) in [6.07, 6.45) is -7.96. The molecule has 2 saturated heterocycles. The number of amides is 1. The number of carboxylic acid groups (broad SMARTS) is 3. The molecule has 2 aromatic rings. The van der Waals surface area contributed by atoms with Crippen LogP contribution in [-0.4, -0.2) is 109 Å². The standard InChI is InChI=1S/C18H20N4O2.3C2HF3O2/c23-18-13-24-17-12-21(9-15-2-1-5-20-8-15)11-16(17)22(18)10-14-3-6-19-7-4-14;3*3-2(4,5)1(6)7/h1-8,16-17H,9-13H2;3*(H,6,7)/t16-,17-;;;/m1.../s1. The van der Waals surface area contributed by atoms with Crippen molar-refractivity contribution in [3.05, 3.63) is 60.2 Å². The number of hydrogen-bond acceptors (Lipinski definition) is 8. The molecule has 0 aliphatic carbocycles. The molecule has 0 unspecified atom stereocenters. The van der Waals surface area contributed by atoms with Crippen molar-refractivity contribution in [3.8, 4) is 0 Å². The Bertz CT molecular complexity index is 1210. The van der Waals surface area contributed by atoms with Gasteiger partial charge in [0.05, 0.1) is 12.1 Å². The van der Waals surface area contributed by atoms with Gasteiger partial charge < -0.3 is 25.0 Å². The zero-order valence-electron chi connectivity index (χ0n) is 22.4. The van der Waals surface area contributed by atoms with E-state index in [1.54, 1.807) is 18.6 Å². The largest absolute Gasteiger partial charge is 0.490 e. The summed E-state index contributed by atoms with van der Waals surface area (Å²) in [7, 11) is 0. The molecule has 3 N–H and O–H groups in total. The van der Waals surface area contributed by atoms with Crippen LogP contribution in [0.2, 0.25) is 0 Å². The lowest BCUT2D eigenvalue weighted by Crippen LogP contribution is -2.53. The molecule has 0 aromatic carbocycles. The highest BCUT2D eigenvalue weighted by molar-refractivity contribution is 5.78. The van der Waals surface area contributed by atoms with Crippen molar-refractivity contribution < 1.29 is 78.7 Å². The van der Waals surface area contributed by atoms with Crippen LogP contribution in [0.15, 0.2) is 49.1 Å². The van der Waals surface area contributed by atoms with Crippen LogP contribution in [0.3, 0.4) is 0 Å². The first-order valence-electron chi connectivity index (χ1n) is 11.9. The summed E-state index contributed by atoms with van der Waals surface area (Å²) in [5.41, 5.74) is 2.29. The quantitative estimate of drug-likeness (QED) is 0.410. The van der Waals surface area contributed by atoms with E-state index in [0.29, 0.717) is 6.54 Å². The summed E-state index contributed by atoms with van der Waals surface area (Å²) in [4.78, 5) is 51.6. The lowest BCUT2D eigenvalue weighted by molar-refractivity contribution is -0.193. The molecule has 2 aliphatic rings. The average molecular weight is 666 g/mol. The summed E-state index contributed by atoms with van der Waals surface area (Å²) in [5.74, 6) is -8.20. The number of alkyl halides is 9. The SMILES string of the molecule is O=C(O)C(F)(F)F.O=C(O)C(F)(F)F.O=C(O)C(F)(F)F.O=C1CO[C@@H]2CN(Cc3cccnc3)C[C@H]2N1Cc1ccncc1. The van der Waals surface area contributed by atoms with Gasteiger partial charge in [-0.3, -0.25) is 19.7 Å². The van der Waals surface area contributed by atoms with E-state index in [-0.39, 0.29) is 24.7 Å². The smallest absolute Gasteiger partial charge is 0.475 e. The molecule has 2 fully saturated rings. The fourth-order valence-corrected chi connectivity index (χ4v) is 3.51.